The Balaban J connectivity index is 1.79. The number of aryl methyl sites for hydroxylation is 1. The molecule has 0 spiro atoms. The molecule has 0 bridgehead atoms. The Kier molecular flexibility index (Phi) is 10.0. The van der Waals surface area contributed by atoms with Crippen LogP contribution in [0, 0.1) is 0 Å². The van der Waals surface area contributed by atoms with E-state index in [1.165, 1.54) is 36.0 Å². The van der Waals surface area contributed by atoms with Crippen molar-refractivity contribution in [2.45, 2.75) is 62.5 Å². The van der Waals surface area contributed by atoms with Crippen LogP contribution in [0.4, 0.5) is 10.6 Å². The van der Waals surface area contributed by atoms with E-state index in [9.17, 15) is 23.1 Å². The maximum Gasteiger partial charge on any atom is 0.416 e. The van der Waals surface area contributed by atoms with Crippen molar-refractivity contribution in [2.75, 3.05) is 11.4 Å². The van der Waals surface area contributed by atoms with Crippen LogP contribution in [0.25, 0.3) is 11.1 Å². The average Bonchev–Trinajstić information content (AvgIpc) is 3.00. The van der Waals surface area contributed by atoms with Gasteiger partial charge in [-0.2, -0.15) is 0 Å². The highest BCUT2D eigenvalue weighted by Crippen LogP contribution is 2.34. The predicted octanol–water partition coefficient (Wildman–Crippen LogP) is 5.75. The number of benzene rings is 2. The summed E-state index contributed by atoms with van der Waals surface area (Å²) in [6.07, 6.45) is 2.21. The number of ether oxygens (including phenoxy) is 1. The van der Waals surface area contributed by atoms with Crippen molar-refractivity contribution in [1.82, 2.24) is 9.97 Å². The molecule has 4 aromatic rings. The first-order valence-electron chi connectivity index (χ1n) is 14.6. The second kappa shape index (κ2) is 13.6. The van der Waals surface area contributed by atoms with Crippen LogP contribution in [0.15, 0.2) is 96.2 Å². The number of anilines is 1. The number of carbonyl (C=O) groups excluding carboxylic acids is 1. The van der Waals surface area contributed by atoms with Gasteiger partial charge in [0.2, 0.25) is 9.84 Å². The number of nitrogens with two attached hydrogens (primary N) is 1. The van der Waals surface area contributed by atoms with Crippen LogP contribution in [0.1, 0.15) is 50.9 Å². The molecule has 2 heterocycles. The molecule has 236 valence electrons. The average molecular weight is 631 g/mol. The fourth-order valence-corrected chi connectivity index (χ4v) is 6.41. The third-order valence-corrected chi connectivity index (χ3v) is 9.07. The van der Waals surface area contributed by atoms with Gasteiger partial charge in [0.15, 0.2) is 9.90 Å². The van der Waals surface area contributed by atoms with Gasteiger partial charge in [-0.15, -0.1) is 0 Å². The van der Waals surface area contributed by atoms with Gasteiger partial charge in [0, 0.05) is 12.6 Å². The monoisotopic (exact) mass is 630 g/mol. The Morgan fingerprint density at radius 1 is 0.911 bits per heavy atom. The largest absolute Gasteiger partial charge is 0.480 e. The van der Waals surface area contributed by atoms with Crippen molar-refractivity contribution in [3.05, 3.63) is 108 Å². The lowest BCUT2D eigenvalue weighted by Gasteiger charge is -2.30. The smallest absolute Gasteiger partial charge is 0.416 e. The van der Waals surface area contributed by atoms with Gasteiger partial charge >= 0.3 is 12.1 Å². The molecule has 11 heteroatoms. The van der Waals surface area contributed by atoms with Crippen molar-refractivity contribution >= 4 is 27.7 Å². The number of aromatic nitrogens is 2. The maximum absolute atomic E-state index is 14.2. The SMILES string of the molecule is CCCc1cccc(-c2ccc(CC(N)(c3cccc(N(CC(=O)O)C(=O)OC(C)(C)C)n3)S(=O)(=O)c3ccccn3)cc2)c1. The lowest BCUT2D eigenvalue weighted by atomic mass is 9.97. The molecule has 0 saturated carbocycles. The Labute approximate surface area is 263 Å². The van der Waals surface area contributed by atoms with Crippen molar-refractivity contribution in [1.29, 1.82) is 0 Å². The maximum atomic E-state index is 14.2. The van der Waals surface area contributed by atoms with Gasteiger partial charge in [0.05, 0.1) is 5.69 Å². The topological polar surface area (TPSA) is 153 Å². The number of rotatable bonds is 11. The second-order valence-electron chi connectivity index (χ2n) is 11.7. The number of carboxylic acids is 1. The van der Waals surface area contributed by atoms with Crippen LogP contribution in [0.2, 0.25) is 0 Å². The van der Waals surface area contributed by atoms with Crippen LogP contribution in [0.5, 0.6) is 0 Å². The van der Waals surface area contributed by atoms with E-state index >= 15 is 0 Å². The number of sulfone groups is 1. The molecule has 2 aromatic carbocycles. The molecular weight excluding hydrogens is 592 g/mol. The van der Waals surface area contributed by atoms with Crippen molar-refractivity contribution in [3.63, 3.8) is 0 Å². The summed E-state index contributed by atoms with van der Waals surface area (Å²) in [5, 5.41) is 9.28. The molecule has 1 unspecified atom stereocenters. The van der Waals surface area contributed by atoms with Crippen LogP contribution in [-0.2, 0) is 37.1 Å². The number of pyridine rings is 2. The lowest BCUT2D eigenvalue weighted by molar-refractivity contribution is -0.135. The lowest BCUT2D eigenvalue weighted by Crippen LogP contribution is -2.48. The molecule has 0 fully saturated rings. The summed E-state index contributed by atoms with van der Waals surface area (Å²) in [4.78, 5) is 31.9. The highest BCUT2D eigenvalue weighted by molar-refractivity contribution is 7.92. The summed E-state index contributed by atoms with van der Waals surface area (Å²) < 4.78 is 33.8. The number of carboxylic acid groups (broad SMARTS) is 1. The van der Waals surface area contributed by atoms with E-state index in [4.69, 9.17) is 10.5 Å². The summed E-state index contributed by atoms with van der Waals surface area (Å²) in [7, 11) is -4.39. The Morgan fingerprint density at radius 3 is 2.24 bits per heavy atom. The second-order valence-corrected chi connectivity index (χ2v) is 13.9. The molecule has 0 aliphatic heterocycles. The zero-order chi connectivity index (χ0) is 32.8. The molecule has 45 heavy (non-hydrogen) atoms. The molecule has 3 N–H and O–H groups in total. The first-order valence-corrected chi connectivity index (χ1v) is 16.0. The number of hydrogen-bond donors (Lipinski definition) is 2. The van der Waals surface area contributed by atoms with Crippen LogP contribution in [0.3, 0.4) is 0 Å². The standard InChI is InChI=1S/C34H38N4O6S/c1-5-10-24-11-8-12-27(21-24)26-18-16-25(17-19-26)22-34(35,45(42,43)30-15-6-7-20-36-30)28-13-9-14-29(37-28)38(23-31(39)40)32(41)44-33(2,3)4/h6-9,11-21H,5,10,22-23,35H2,1-4H3,(H,39,40). The van der Waals surface area contributed by atoms with E-state index in [0.717, 1.165) is 28.9 Å². The molecule has 10 nitrogen and oxygen atoms in total. The minimum Gasteiger partial charge on any atom is -0.480 e. The summed E-state index contributed by atoms with van der Waals surface area (Å²) in [5.41, 5.74) is 9.71. The van der Waals surface area contributed by atoms with Crippen LogP contribution >= 0.6 is 0 Å². The van der Waals surface area contributed by atoms with Gasteiger partial charge in [-0.25, -0.2) is 23.2 Å². The van der Waals surface area contributed by atoms with E-state index in [2.05, 4.69) is 29.0 Å². The zero-order valence-electron chi connectivity index (χ0n) is 25.8. The van der Waals surface area contributed by atoms with Gasteiger partial charge < -0.3 is 15.6 Å². The van der Waals surface area contributed by atoms with Gasteiger partial charge in [-0.05, 0) is 73.7 Å². The fourth-order valence-electron chi connectivity index (χ4n) is 4.83. The Bertz CT molecular complexity index is 1760. The quantitative estimate of drug-likeness (QED) is 0.211. The third kappa shape index (κ3) is 7.92. The molecule has 0 aliphatic carbocycles. The minimum absolute atomic E-state index is 0.0963. The molecule has 2 aromatic heterocycles. The van der Waals surface area contributed by atoms with Gasteiger partial charge in [-0.3, -0.25) is 9.69 Å². The minimum atomic E-state index is -4.39. The van der Waals surface area contributed by atoms with E-state index in [-0.39, 0.29) is 23.0 Å². The molecule has 0 aliphatic rings. The number of carbonyl (C=O) groups is 2. The highest BCUT2D eigenvalue weighted by atomic mass is 32.2. The van der Waals surface area contributed by atoms with Crippen molar-refractivity contribution < 1.29 is 27.9 Å². The van der Waals surface area contributed by atoms with Crippen LogP contribution < -0.4 is 10.6 Å². The van der Waals surface area contributed by atoms with E-state index < -0.39 is 38.9 Å². The summed E-state index contributed by atoms with van der Waals surface area (Å²) in [6.45, 7) is 6.30. The van der Waals surface area contributed by atoms with Crippen molar-refractivity contribution in [3.8, 4) is 11.1 Å². The molecule has 1 atom stereocenters. The van der Waals surface area contributed by atoms with E-state index in [0.29, 0.717) is 5.56 Å². The number of nitrogens with zero attached hydrogens (tertiary/aromatic N) is 3. The Morgan fingerprint density at radius 2 is 1.62 bits per heavy atom. The Hall–Kier alpha value is -4.61. The number of aliphatic carboxylic acids is 1. The molecule has 0 radical (unpaired) electrons. The van der Waals surface area contributed by atoms with Crippen LogP contribution in [-0.4, -0.2) is 47.7 Å². The molecule has 1 amide bonds. The number of hydrogen-bond acceptors (Lipinski definition) is 8. The zero-order valence-corrected chi connectivity index (χ0v) is 26.6. The molecular formula is C34H38N4O6S. The van der Waals surface area contributed by atoms with Gasteiger partial charge in [-0.1, -0.05) is 74.0 Å². The molecule has 0 saturated heterocycles. The van der Waals surface area contributed by atoms with Gasteiger partial charge in [0.25, 0.3) is 0 Å². The summed E-state index contributed by atoms with van der Waals surface area (Å²) >= 11 is 0. The molecule has 4 rings (SSSR count). The number of amides is 1. The highest BCUT2D eigenvalue weighted by Gasteiger charge is 2.45. The first-order chi connectivity index (χ1) is 21.2. The fraction of sp³-hybridized carbons (Fsp3) is 0.294. The van der Waals surface area contributed by atoms with E-state index in [1.807, 2.05) is 36.4 Å². The van der Waals surface area contributed by atoms with Gasteiger partial charge in [0.1, 0.15) is 18.0 Å². The van der Waals surface area contributed by atoms with Crippen molar-refractivity contribution in [2.24, 2.45) is 5.73 Å². The summed E-state index contributed by atoms with van der Waals surface area (Å²) in [5.74, 6) is -1.44. The normalized spacial score (nSPS) is 13.1. The predicted molar refractivity (Wildman–Crippen MR) is 172 cm³/mol. The van der Waals surface area contributed by atoms with E-state index in [1.54, 1.807) is 32.9 Å². The first kappa shape index (κ1) is 33.3. The summed E-state index contributed by atoms with van der Waals surface area (Å²) in [6, 6.07) is 24.5. The third-order valence-electron chi connectivity index (χ3n) is 6.96.